The van der Waals surface area contributed by atoms with Crippen LogP contribution in [0, 0.1) is 0 Å². The van der Waals surface area contributed by atoms with Crippen molar-refractivity contribution in [2.45, 2.75) is 38.3 Å². The van der Waals surface area contributed by atoms with Gasteiger partial charge in [-0.05, 0) is 45.0 Å². The van der Waals surface area contributed by atoms with Crippen molar-refractivity contribution >= 4 is 23.1 Å². The number of likely N-dealkylation sites (tertiary alicyclic amines) is 1. The zero-order valence-corrected chi connectivity index (χ0v) is 23.0. The highest BCUT2D eigenvalue weighted by molar-refractivity contribution is 5.82. The Kier molecular flexibility index (Phi) is 7.20. The molecule has 13 heteroatoms. The van der Waals surface area contributed by atoms with Gasteiger partial charge in [-0.1, -0.05) is 6.07 Å². The van der Waals surface area contributed by atoms with Crippen LogP contribution in [0.25, 0.3) is 22.6 Å². The Morgan fingerprint density at radius 3 is 2.73 bits per heavy atom. The normalized spacial score (nSPS) is 17.1. The Morgan fingerprint density at radius 2 is 2.05 bits per heavy atom. The molecule has 0 bridgehead atoms. The SMILES string of the molecule is COc1cc2ncc(-c3cccc(NC4CN(C(=O)OC(C)(C)C)CC4(F)F)n3)n2cc1C(=CN)c1cccnn1. The number of ether oxygens (including phenoxy) is 2. The van der Waals surface area contributed by atoms with Crippen molar-refractivity contribution in [3.05, 3.63) is 72.4 Å². The summed E-state index contributed by atoms with van der Waals surface area (Å²) in [4.78, 5) is 22.5. The maximum Gasteiger partial charge on any atom is 0.410 e. The highest BCUT2D eigenvalue weighted by Crippen LogP contribution is 2.34. The summed E-state index contributed by atoms with van der Waals surface area (Å²) in [6, 6.07) is 8.99. The number of anilines is 1. The molecule has 0 aromatic carbocycles. The number of hydrogen-bond acceptors (Lipinski definition) is 9. The minimum absolute atomic E-state index is 0.226. The molecule has 5 rings (SSSR count). The molecule has 5 heterocycles. The number of carbonyl (C=O) groups is 1. The fourth-order valence-electron chi connectivity index (χ4n) is 4.56. The average Bonchev–Trinajstić information content (AvgIpc) is 3.48. The van der Waals surface area contributed by atoms with Crippen molar-refractivity contribution < 1.29 is 23.0 Å². The van der Waals surface area contributed by atoms with E-state index >= 15 is 0 Å². The number of pyridine rings is 2. The predicted molar refractivity (Wildman–Crippen MR) is 148 cm³/mol. The Hall–Kier alpha value is -4.81. The van der Waals surface area contributed by atoms with Gasteiger partial charge in [-0.3, -0.25) is 9.30 Å². The molecule has 1 saturated heterocycles. The van der Waals surface area contributed by atoms with Gasteiger partial charge < -0.3 is 20.5 Å². The smallest absolute Gasteiger partial charge is 0.410 e. The third-order valence-corrected chi connectivity index (χ3v) is 6.43. The lowest BCUT2D eigenvalue weighted by molar-refractivity contribution is -0.00640. The molecule has 1 unspecified atom stereocenters. The largest absolute Gasteiger partial charge is 0.496 e. The van der Waals surface area contributed by atoms with Crippen LogP contribution in [0.4, 0.5) is 19.4 Å². The second-order valence-electron chi connectivity index (χ2n) is 10.5. The molecule has 0 aliphatic carbocycles. The fourth-order valence-corrected chi connectivity index (χ4v) is 4.56. The first-order valence-corrected chi connectivity index (χ1v) is 12.8. The first-order chi connectivity index (χ1) is 19.5. The summed E-state index contributed by atoms with van der Waals surface area (Å²) in [5, 5.41) is 10.9. The molecule has 4 aromatic heterocycles. The summed E-state index contributed by atoms with van der Waals surface area (Å²) < 4.78 is 42.5. The van der Waals surface area contributed by atoms with Crippen LogP contribution in [0.15, 0.2) is 61.2 Å². The second-order valence-corrected chi connectivity index (χ2v) is 10.5. The van der Waals surface area contributed by atoms with Crippen molar-refractivity contribution in [2.24, 2.45) is 5.73 Å². The van der Waals surface area contributed by atoms with E-state index in [0.29, 0.717) is 39.6 Å². The number of nitrogens with zero attached hydrogens (tertiary/aromatic N) is 6. The number of rotatable bonds is 6. The fraction of sp³-hybridized carbons (Fsp3) is 0.321. The molecule has 4 aromatic rings. The molecule has 1 aliphatic rings. The minimum atomic E-state index is -3.19. The van der Waals surface area contributed by atoms with Gasteiger partial charge in [-0.15, -0.1) is 0 Å². The number of nitrogens with one attached hydrogen (secondary N) is 1. The lowest BCUT2D eigenvalue weighted by Crippen LogP contribution is -2.38. The van der Waals surface area contributed by atoms with Crippen molar-refractivity contribution in [3.63, 3.8) is 0 Å². The van der Waals surface area contributed by atoms with E-state index in [1.807, 2.05) is 0 Å². The summed E-state index contributed by atoms with van der Waals surface area (Å²) in [6.45, 7) is 4.08. The molecule has 1 amide bonds. The zero-order chi connectivity index (χ0) is 29.4. The van der Waals surface area contributed by atoms with Gasteiger partial charge in [-0.2, -0.15) is 10.2 Å². The first-order valence-electron chi connectivity index (χ1n) is 12.8. The molecule has 0 spiro atoms. The molecule has 1 atom stereocenters. The number of aromatic nitrogens is 5. The molecule has 3 N–H and O–H groups in total. The summed E-state index contributed by atoms with van der Waals surface area (Å²) in [7, 11) is 1.55. The molecule has 0 saturated carbocycles. The minimum Gasteiger partial charge on any atom is -0.496 e. The monoisotopic (exact) mass is 564 g/mol. The highest BCUT2D eigenvalue weighted by atomic mass is 19.3. The van der Waals surface area contributed by atoms with Crippen LogP contribution in [0.3, 0.4) is 0 Å². The number of fused-ring (bicyclic) bond motifs is 1. The van der Waals surface area contributed by atoms with Gasteiger partial charge >= 0.3 is 6.09 Å². The molecule has 0 radical (unpaired) electrons. The third-order valence-electron chi connectivity index (χ3n) is 6.43. The first kappa shape index (κ1) is 27.7. The van der Waals surface area contributed by atoms with Crippen molar-refractivity contribution in [3.8, 4) is 17.1 Å². The van der Waals surface area contributed by atoms with Crippen LogP contribution in [0.2, 0.25) is 0 Å². The number of methoxy groups -OCH3 is 1. The molecule has 1 fully saturated rings. The van der Waals surface area contributed by atoms with Gasteiger partial charge in [0.15, 0.2) is 0 Å². The van der Waals surface area contributed by atoms with Crippen LogP contribution < -0.4 is 15.8 Å². The van der Waals surface area contributed by atoms with E-state index in [9.17, 15) is 13.6 Å². The number of hydrogen-bond donors (Lipinski definition) is 2. The van der Waals surface area contributed by atoms with Gasteiger partial charge in [0, 0.05) is 35.8 Å². The van der Waals surface area contributed by atoms with Gasteiger partial charge in [0.05, 0.1) is 43.5 Å². The van der Waals surface area contributed by atoms with Crippen LogP contribution in [-0.4, -0.2) is 73.3 Å². The van der Waals surface area contributed by atoms with Crippen molar-refractivity contribution in [1.29, 1.82) is 0 Å². The van der Waals surface area contributed by atoms with Crippen LogP contribution in [-0.2, 0) is 4.74 Å². The summed E-state index contributed by atoms with van der Waals surface area (Å²) in [5.41, 5.74) is 8.65. The lowest BCUT2D eigenvalue weighted by Gasteiger charge is -2.24. The quantitative estimate of drug-likeness (QED) is 0.353. The molecule has 214 valence electrons. The van der Waals surface area contributed by atoms with Crippen LogP contribution in [0.5, 0.6) is 5.75 Å². The second kappa shape index (κ2) is 10.6. The van der Waals surface area contributed by atoms with E-state index in [2.05, 4.69) is 25.5 Å². The molecule has 11 nitrogen and oxygen atoms in total. The summed E-state index contributed by atoms with van der Waals surface area (Å²) in [6.07, 6.45) is 5.64. The predicted octanol–water partition coefficient (Wildman–Crippen LogP) is 4.21. The number of nitrogens with two attached hydrogens (primary N) is 1. The zero-order valence-electron chi connectivity index (χ0n) is 23.0. The maximum atomic E-state index is 14.9. The van der Waals surface area contributed by atoms with E-state index < -0.39 is 30.2 Å². The standard InChI is InChI=1S/C28H30F2N8O3/c1-27(2,3)41-26(39)37-15-23(28(29,30)16-37)35-24-9-5-7-20(34-24)21-13-32-25-11-22(40-4)18(14-38(21)25)17(12-31)19-8-6-10-33-36-19/h5-14,23H,15-16,31H2,1-4H3,(H,34,35). The van der Waals surface area contributed by atoms with Gasteiger partial charge in [0.2, 0.25) is 0 Å². The number of imidazole rings is 1. The Labute approximate surface area is 235 Å². The van der Waals surface area contributed by atoms with E-state index in [0.717, 1.165) is 4.90 Å². The van der Waals surface area contributed by atoms with E-state index in [1.165, 1.54) is 6.20 Å². The maximum absolute atomic E-state index is 14.9. The topological polar surface area (TPSA) is 133 Å². The molecular weight excluding hydrogens is 534 g/mol. The Balaban J connectivity index is 1.45. The number of halogens is 2. The number of carbonyl (C=O) groups excluding carboxylic acids is 1. The van der Waals surface area contributed by atoms with E-state index in [1.54, 1.807) is 87.3 Å². The number of alkyl halides is 2. The van der Waals surface area contributed by atoms with Gasteiger partial charge in [0.25, 0.3) is 5.92 Å². The summed E-state index contributed by atoms with van der Waals surface area (Å²) in [5.74, 6) is -2.43. The Morgan fingerprint density at radius 1 is 1.24 bits per heavy atom. The third kappa shape index (κ3) is 5.74. The van der Waals surface area contributed by atoms with E-state index in [4.69, 9.17) is 15.2 Å². The molecule has 1 aliphatic heterocycles. The average molecular weight is 565 g/mol. The molecule has 41 heavy (non-hydrogen) atoms. The van der Waals surface area contributed by atoms with Crippen LogP contribution >= 0.6 is 0 Å². The van der Waals surface area contributed by atoms with Crippen molar-refractivity contribution in [2.75, 3.05) is 25.5 Å². The lowest BCUT2D eigenvalue weighted by atomic mass is 10.0. The molecular formula is C28H30F2N8O3. The van der Waals surface area contributed by atoms with Gasteiger partial charge in [-0.25, -0.2) is 23.5 Å². The van der Waals surface area contributed by atoms with E-state index in [-0.39, 0.29) is 12.4 Å². The summed E-state index contributed by atoms with van der Waals surface area (Å²) >= 11 is 0. The highest BCUT2D eigenvalue weighted by Gasteiger charge is 2.50. The van der Waals surface area contributed by atoms with Crippen molar-refractivity contribution in [1.82, 2.24) is 29.5 Å². The number of amides is 1. The Bertz CT molecular complexity index is 1600. The van der Waals surface area contributed by atoms with Crippen LogP contribution in [0.1, 0.15) is 32.0 Å². The van der Waals surface area contributed by atoms with Gasteiger partial charge in [0.1, 0.15) is 28.9 Å².